The maximum atomic E-state index is 14.1. The minimum atomic E-state index is -0.381. The Balaban J connectivity index is 2.37. The lowest BCUT2D eigenvalue weighted by molar-refractivity contribution is 0.517. The summed E-state index contributed by atoms with van der Waals surface area (Å²) in [5.41, 5.74) is 0.856. The number of halogens is 4. The van der Waals surface area contributed by atoms with Gasteiger partial charge in [-0.15, -0.1) is 0 Å². The fourth-order valence-corrected chi connectivity index (χ4v) is 2.71. The zero-order chi connectivity index (χ0) is 14.7. The van der Waals surface area contributed by atoms with Gasteiger partial charge >= 0.3 is 0 Å². The second-order valence-electron chi connectivity index (χ2n) is 4.39. The Morgan fingerprint density at radius 1 is 1.20 bits per heavy atom. The first-order valence-electron chi connectivity index (χ1n) is 6.08. The Kier molecular flexibility index (Phi) is 5.13. The van der Waals surface area contributed by atoms with E-state index in [-0.39, 0.29) is 24.1 Å². The Labute approximate surface area is 130 Å². The first kappa shape index (κ1) is 15.4. The van der Waals surface area contributed by atoms with Gasteiger partial charge in [0.2, 0.25) is 0 Å². The Hall–Kier alpha value is -0.970. The van der Waals surface area contributed by atoms with Gasteiger partial charge in [0.25, 0.3) is 0 Å². The van der Waals surface area contributed by atoms with E-state index in [0.29, 0.717) is 20.6 Å². The van der Waals surface area contributed by atoms with Crippen LogP contribution in [0.1, 0.15) is 17.2 Å². The quantitative estimate of drug-likeness (QED) is 0.819. The first-order chi connectivity index (χ1) is 9.54. The molecule has 0 aliphatic carbocycles. The fourth-order valence-electron chi connectivity index (χ4n) is 2.09. The van der Waals surface area contributed by atoms with Crippen LogP contribution in [-0.2, 0) is 6.42 Å². The van der Waals surface area contributed by atoms with Crippen molar-refractivity contribution < 1.29 is 8.78 Å². The molecule has 0 aliphatic rings. The summed E-state index contributed by atoms with van der Waals surface area (Å²) >= 11 is 9.17. The summed E-state index contributed by atoms with van der Waals surface area (Å²) in [6.07, 6.45) is 0.273. The third-order valence-corrected chi connectivity index (χ3v) is 4.14. The molecular formula is C15H13BrClF2N. The molecule has 0 saturated heterocycles. The van der Waals surface area contributed by atoms with Crippen LogP contribution in [-0.4, -0.2) is 7.05 Å². The van der Waals surface area contributed by atoms with Crippen LogP contribution >= 0.6 is 27.5 Å². The topological polar surface area (TPSA) is 12.0 Å². The summed E-state index contributed by atoms with van der Waals surface area (Å²) in [4.78, 5) is 0. The second-order valence-corrected chi connectivity index (χ2v) is 5.65. The monoisotopic (exact) mass is 359 g/mol. The molecule has 2 aromatic carbocycles. The van der Waals surface area contributed by atoms with E-state index >= 15 is 0 Å². The van der Waals surface area contributed by atoms with E-state index in [1.807, 2.05) is 0 Å². The third-order valence-electron chi connectivity index (χ3n) is 3.18. The van der Waals surface area contributed by atoms with Crippen LogP contribution in [0.15, 0.2) is 40.9 Å². The number of nitrogens with one attached hydrogen (secondary N) is 1. The molecule has 0 aliphatic heterocycles. The van der Waals surface area contributed by atoms with Crippen molar-refractivity contribution in [3.05, 3.63) is 68.7 Å². The molecule has 20 heavy (non-hydrogen) atoms. The number of benzene rings is 2. The molecule has 0 radical (unpaired) electrons. The van der Waals surface area contributed by atoms with Gasteiger partial charge in [-0.1, -0.05) is 29.8 Å². The number of rotatable bonds is 4. The Morgan fingerprint density at radius 2 is 1.90 bits per heavy atom. The molecule has 2 rings (SSSR count). The molecule has 106 valence electrons. The van der Waals surface area contributed by atoms with Gasteiger partial charge in [-0.05, 0) is 47.6 Å². The van der Waals surface area contributed by atoms with Gasteiger partial charge in [0.15, 0.2) is 0 Å². The standard InChI is InChI=1S/C15H13BrClF2N/c1-20-14(9-4-2-5-11(16)15(9)19)8-10-12(17)6-3-7-13(10)18/h2-7,14,20H,8H2,1H3. The molecule has 1 unspecified atom stereocenters. The molecule has 1 nitrogen and oxygen atoms in total. The average molecular weight is 361 g/mol. The van der Waals surface area contributed by atoms with E-state index in [1.165, 1.54) is 6.07 Å². The maximum Gasteiger partial charge on any atom is 0.142 e. The number of hydrogen-bond acceptors (Lipinski definition) is 1. The minimum Gasteiger partial charge on any atom is -0.313 e. The highest BCUT2D eigenvalue weighted by Crippen LogP contribution is 2.29. The van der Waals surface area contributed by atoms with E-state index in [9.17, 15) is 8.78 Å². The summed E-state index contributed by atoms with van der Waals surface area (Å²) in [7, 11) is 1.71. The van der Waals surface area contributed by atoms with Crippen LogP contribution in [0.3, 0.4) is 0 Å². The zero-order valence-electron chi connectivity index (χ0n) is 10.8. The van der Waals surface area contributed by atoms with Crippen LogP contribution in [0.2, 0.25) is 5.02 Å². The molecule has 5 heteroatoms. The van der Waals surface area contributed by atoms with Gasteiger partial charge in [0, 0.05) is 22.2 Å². The second kappa shape index (κ2) is 6.66. The van der Waals surface area contributed by atoms with Crippen molar-refractivity contribution in [2.45, 2.75) is 12.5 Å². The van der Waals surface area contributed by atoms with Crippen molar-refractivity contribution in [3.8, 4) is 0 Å². The van der Waals surface area contributed by atoms with Gasteiger partial charge in [-0.2, -0.15) is 0 Å². The summed E-state index contributed by atoms with van der Waals surface area (Å²) < 4.78 is 28.3. The zero-order valence-corrected chi connectivity index (χ0v) is 13.1. The van der Waals surface area contributed by atoms with E-state index in [4.69, 9.17) is 11.6 Å². The molecule has 1 N–H and O–H groups in total. The summed E-state index contributed by atoms with van der Waals surface area (Å²) in [5.74, 6) is -0.729. The lowest BCUT2D eigenvalue weighted by Gasteiger charge is -2.19. The molecule has 0 aromatic heterocycles. The van der Waals surface area contributed by atoms with Crippen molar-refractivity contribution in [3.63, 3.8) is 0 Å². The normalized spacial score (nSPS) is 12.4. The molecular weight excluding hydrogens is 348 g/mol. The Bertz CT molecular complexity index is 599. The number of hydrogen-bond donors (Lipinski definition) is 1. The van der Waals surface area contributed by atoms with E-state index in [0.717, 1.165) is 0 Å². The van der Waals surface area contributed by atoms with Gasteiger partial charge in [-0.3, -0.25) is 0 Å². The lowest BCUT2D eigenvalue weighted by Crippen LogP contribution is -2.21. The van der Waals surface area contributed by atoms with E-state index < -0.39 is 0 Å². The predicted molar refractivity (Wildman–Crippen MR) is 81.0 cm³/mol. The van der Waals surface area contributed by atoms with Gasteiger partial charge in [-0.25, -0.2) is 8.78 Å². The highest BCUT2D eigenvalue weighted by atomic mass is 79.9. The van der Waals surface area contributed by atoms with Crippen LogP contribution in [0, 0.1) is 11.6 Å². The highest BCUT2D eigenvalue weighted by molar-refractivity contribution is 9.10. The predicted octanol–water partition coefficient (Wildman–Crippen LogP) is 4.88. The summed E-state index contributed by atoms with van der Waals surface area (Å²) in [6.45, 7) is 0. The molecule has 2 aromatic rings. The summed E-state index contributed by atoms with van der Waals surface area (Å²) in [5, 5.41) is 3.35. The summed E-state index contributed by atoms with van der Waals surface area (Å²) in [6, 6.07) is 9.22. The first-order valence-corrected chi connectivity index (χ1v) is 7.25. The maximum absolute atomic E-state index is 14.1. The molecule has 0 spiro atoms. The number of likely N-dealkylation sites (N-methyl/N-ethyl adjacent to an activating group) is 1. The molecule has 0 amide bonds. The Morgan fingerprint density at radius 3 is 2.55 bits per heavy atom. The van der Waals surface area contributed by atoms with E-state index in [2.05, 4.69) is 21.2 Å². The average Bonchev–Trinajstić information content (AvgIpc) is 2.42. The van der Waals surface area contributed by atoms with Crippen molar-refractivity contribution in [1.82, 2.24) is 5.32 Å². The smallest absolute Gasteiger partial charge is 0.142 e. The molecule has 0 bridgehead atoms. The van der Waals surface area contributed by atoms with Gasteiger partial charge < -0.3 is 5.32 Å². The highest BCUT2D eigenvalue weighted by Gasteiger charge is 2.19. The van der Waals surface area contributed by atoms with Crippen LogP contribution < -0.4 is 5.32 Å². The fraction of sp³-hybridized carbons (Fsp3) is 0.200. The van der Waals surface area contributed by atoms with Crippen molar-refractivity contribution in [2.75, 3.05) is 7.05 Å². The molecule has 0 fully saturated rings. The lowest BCUT2D eigenvalue weighted by atomic mass is 9.98. The van der Waals surface area contributed by atoms with Gasteiger partial charge in [0.1, 0.15) is 11.6 Å². The van der Waals surface area contributed by atoms with Gasteiger partial charge in [0.05, 0.1) is 4.47 Å². The largest absolute Gasteiger partial charge is 0.313 e. The minimum absolute atomic E-state index is 0.273. The van der Waals surface area contributed by atoms with Crippen LogP contribution in [0.4, 0.5) is 8.78 Å². The third kappa shape index (κ3) is 3.19. The van der Waals surface area contributed by atoms with E-state index in [1.54, 1.807) is 37.4 Å². The van der Waals surface area contributed by atoms with Crippen molar-refractivity contribution in [2.24, 2.45) is 0 Å². The molecule has 0 heterocycles. The SMILES string of the molecule is CNC(Cc1c(F)cccc1Cl)c1cccc(Br)c1F. The van der Waals surface area contributed by atoms with Crippen molar-refractivity contribution in [1.29, 1.82) is 0 Å². The van der Waals surface area contributed by atoms with Crippen molar-refractivity contribution >= 4 is 27.5 Å². The molecule has 0 saturated carbocycles. The van der Waals surface area contributed by atoms with Crippen LogP contribution in [0.5, 0.6) is 0 Å². The van der Waals surface area contributed by atoms with Crippen LogP contribution in [0.25, 0.3) is 0 Å². The molecule has 1 atom stereocenters.